The quantitative estimate of drug-likeness (QED) is 0.649. The van der Waals surface area contributed by atoms with E-state index in [0.29, 0.717) is 26.1 Å². The molecule has 0 unspecified atom stereocenters. The molecule has 0 spiro atoms. The first-order valence-electron chi connectivity index (χ1n) is 9.19. The molecule has 0 bridgehead atoms. The van der Waals surface area contributed by atoms with E-state index in [1.807, 2.05) is 28.5 Å². The first kappa shape index (κ1) is 19.3. The zero-order chi connectivity index (χ0) is 19.1. The fourth-order valence-corrected chi connectivity index (χ4v) is 3.74. The van der Waals surface area contributed by atoms with E-state index < -0.39 is 0 Å². The summed E-state index contributed by atoms with van der Waals surface area (Å²) in [4.78, 5) is 19.2. The van der Waals surface area contributed by atoms with Gasteiger partial charge in [-0.3, -0.25) is 4.79 Å². The van der Waals surface area contributed by atoms with Crippen molar-refractivity contribution >= 4 is 17.2 Å². The molecule has 2 N–H and O–H groups in total. The van der Waals surface area contributed by atoms with Crippen LogP contribution >= 0.6 is 11.3 Å². The number of rotatable bonds is 8. The molecule has 5 heteroatoms. The first-order chi connectivity index (χ1) is 13.2. The fourth-order valence-electron chi connectivity index (χ4n) is 2.91. The molecule has 0 radical (unpaired) electrons. The van der Waals surface area contributed by atoms with Crippen LogP contribution in [-0.4, -0.2) is 35.4 Å². The van der Waals surface area contributed by atoms with Crippen molar-refractivity contribution in [3.8, 4) is 10.6 Å². The van der Waals surface area contributed by atoms with Crippen LogP contribution in [-0.2, 0) is 17.6 Å². The van der Waals surface area contributed by atoms with Gasteiger partial charge in [-0.15, -0.1) is 11.3 Å². The molecule has 1 aromatic heterocycles. The number of carbonyl (C=O) groups excluding carboxylic acids is 1. The van der Waals surface area contributed by atoms with Crippen molar-refractivity contribution in [2.24, 2.45) is 5.73 Å². The lowest BCUT2D eigenvalue weighted by molar-refractivity contribution is -0.130. The van der Waals surface area contributed by atoms with Crippen molar-refractivity contribution in [3.63, 3.8) is 0 Å². The number of aryl methyl sites for hydroxylation is 1. The highest BCUT2D eigenvalue weighted by molar-refractivity contribution is 7.13. The lowest BCUT2D eigenvalue weighted by Gasteiger charge is -2.21. The lowest BCUT2D eigenvalue weighted by Crippen LogP contribution is -2.37. The molecular formula is C22H25N3OS. The Morgan fingerprint density at radius 2 is 1.81 bits per heavy atom. The summed E-state index contributed by atoms with van der Waals surface area (Å²) in [5.41, 5.74) is 10.1. The number of aromatic nitrogens is 1. The molecule has 0 saturated carbocycles. The molecule has 0 fully saturated rings. The highest BCUT2D eigenvalue weighted by Crippen LogP contribution is 2.24. The van der Waals surface area contributed by atoms with Crippen molar-refractivity contribution < 1.29 is 4.79 Å². The van der Waals surface area contributed by atoms with Crippen molar-refractivity contribution in [2.45, 2.75) is 19.8 Å². The number of amides is 1. The zero-order valence-electron chi connectivity index (χ0n) is 15.6. The Balaban J connectivity index is 1.62. The van der Waals surface area contributed by atoms with Gasteiger partial charge in [0.2, 0.25) is 5.91 Å². The Labute approximate surface area is 164 Å². The number of hydrogen-bond acceptors (Lipinski definition) is 4. The molecule has 1 heterocycles. The topological polar surface area (TPSA) is 59.2 Å². The Morgan fingerprint density at radius 3 is 2.52 bits per heavy atom. The summed E-state index contributed by atoms with van der Waals surface area (Å²) in [6.45, 7) is 3.78. The molecule has 0 aliphatic rings. The van der Waals surface area contributed by atoms with Crippen LogP contribution < -0.4 is 5.73 Å². The van der Waals surface area contributed by atoms with Crippen molar-refractivity contribution in [1.29, 1.82) is 0 Å². The van der Waals surface area contributed by atoms with Crippen LogP contribution in [0.3, 0.4) is 0 Å². The van der Waals surface area contributed by atoms with Crippen LogP contribution in [0.5, 0.6) is 0 Å². The van der Waals surface area contributed by atoms with Gasteiger partial charge in [0.1, 0.15) is 5.01 Å². The standard InChI is InChI=1S/C22H25N3OS/c1-17-7-9-19(10-8-17)22-24-20(16-27-22)15-21(26)25(14-12-23)13-11-18-5-3-2-4-6-18/h2-10,16H,11-15,23H2,1H3. The Kier molecular flexibility index (Phi) is 6.74. The van der Waals surface area contributed by atoms with Crippen LogP contribution in [0.1, 0.15) is 16.8 Å². The van der Waals surface area contributed by atoms with Crippen LogP contribution in [0.15, 0.2) is 60.0 Å². The summed E-state index contributed by atoms with van der Waals surface area (Å²) in [6, 6.07) is 18.5. The van der Waals surface area contributed by atoms with Crippen molar-refractivity contribution in [3.05, 3.63) is 76.8 Å². The second kappa shape index (κ2) is 9.44. The highest BCUT2D eigenvalue weighted by Gasteiger charge is 2.15. The second-order valence-corrected chi connectivity index (χ2v) is 7.45. The largest absolute Gasteiger partial charge is 0.341 e. The van der Waals surface area contributed by atoms with Crippen LogP contribution in [0.25, 0.3) is 10.6 Å². The minimum Gasteiger partial charge on any atom is -0.341 e. The smallest absolute Gasteiger partial charge is 0.228 e. The van der Waals surface area contributed by atoms with Crippen molar-refractivity contribution in [2.75, 3.05) is 19.6 Å². The molecule has 3 rings (SSSR count). The van der Waals surface area contributed by atoms with Gasteiger partial charge in [-0.25, -0.2) is 4.98 Å². The Bertz CT molecular complexity index is 859. The van der Waals surface area contributed by atoms with E-state index in [1.165, 1.54) is 11.1 Å². The van der Waals surface area contributed by atoms with Gasteiger partial charge in [-0.2, -0.15) is 0 Å². The molecule has 140 valence electrons. The summed E-state index contributed by atoms with van der Waals surface area (Å²) >= 11 is 1.58. The second-order valence-electron chi connectivity index (χ2n) is 6.59. The van der Waals surface area contributed by atoms with Gasteiger partial charge in [-0.05, 0) is 18.9 Å². The zero-order valence-corrected chi connectivity index (χ0v) is 16.4. The average molecular weight is 380 g/mol. The summed E-state index contributed by atoms with van der Waals surface area (Å²) < 4.78 is 0. The highest BCUT2D eigenvalue weighted by atomic mass is 32.1. The van der Waals surface area contributed by atoms with E-state index in [4.69, 9.17) is 5.73 Å². The van der Waals surface area contributed by atoms with E-state index >= 15 is 0 Å². The molecule has 0 atom stereocenters. The van der Waals surface area contributed by atoms with Gasteiger partial charge < -0.3 is 10.6 Å². The van der Waals surface area contributed by atoms with Crippen LogP contribution in [0.2, 0.25) is 0 Å². The Hall–Kier alpha value is -2.50. The molecule has 27 heavy (non-hydrogen) atoms. The molecule has 0 aliphatic carbocycles. The Morgan fingerprint density at radius 1 is 1.07 bits per heavy atom. The lowest BCUT2D eigenvalue weighted by atomic mass is 10.1. The summed E-state index contributed by atoms with van der Waals surface area (Å²) in [5.74, 6) is 0.0807. The first-order valence-corrected chi connectivity index (χ1v) is 10.1. The van der Waals surface area contributed by atoms with Crippen LogP contribution in [0, 0.1) is 6.92 Å². The SMILES string of the molecule is Cc1ccc(-c2nc(CC(=O)N(CCN)CCc3ccccc3)cs2)cc1. The molecular weight excluding hydrogens is 354 g/mol. The van der Waals surface area contributed by atoms with Gasteiger partial charge in [0.15, 0.2) is 0 Å². The molecule has 4 nitrogen and oxygen atoms in total. The minimum absolute atomic E-state index is 0.0807. The predicted molar refractivity (Wildman–Crippen MR) is 112 cm³/mol. The summed E-state index contributed by atoms with van der Waals surface area (Å²) in [6.07, 6.45) is 1.15. The molecule has 2 aromatic carbocycles. The number of nitrogens with two attached hydrogens (primary N) is 1. The normalized spacial score (nSPS) is 10.7. The van der Waals surface area contributed by atoms with Gasteiger partial charge in [-0.1, -0.05) is 60.2 Å². The predicted octanol–water partition coefficient (Wildman–Crippen LogP) is 3.69. The van der Waals surface area contributed by atoms with Gasteiger partial charge >= 0.3 is 0 Å². The molecule has 0 aliphatic heterocycles. The third kappa shape index (κ3) is 5.49. The molecule has 0 saturated heterocycles. The summed E-state index contributed by atoms with van der Waals surface area (Å²) in [7, 11) is 0. The van der Waals surface area contributed by atoms with Gasteiger partial charge in [0, 0.05) is 30.6 Å². The van der Waals surface area contributed by atoms with E-state index in [0.717, 1.165) is 22.7 Å². The van der Waals surface area contributed by atoms with E-state index in [-0.39, 0.29) is 5.91 Å². The van der Waals surface area contributed by atoms with Crippen molar-refractivity contribution in [1.82, 2.24) is 9.88 Å². The fraction of sp³-hybridized carbons (Fsp3) is 0.273. The minimum atomic E-state index is 0.0807. The maximum Gasteiger partial charge on any atom is 0.228 e. The number of thiazole rings is 1. The average Bonchev–Trinajstić information content (AvgIpc) is 3.15. The number of nitrogens with zero attached hydrogens (tertiary/aromatic N) is 2. The van der Waals surface area contributed by atoms with Gasteiger partial charge in [0.05, 0.1) is 12.1 Å². The van der Waals surface area contributed by atoms with E-state index in [9.17, 15) is 4.79 Å². The number of hydrogen-bond donors (Lipinski definition) is 1. The molecule has 1 amide bonds. The van der Waals surface area contributed by atoms with Gasteiger partial charge in [0.25, 0.3) is 0 Å². The number of carbonyl (C=O) groups is 1. The third-order valence-electron chi connectivity index (χ3n) is 4.45. The third-order valence-corrected chi connectivity index (χ3v) is 5.39. The number of benzene rings is 2. The summed E-state index contributed by atoms with van der Waals surface area (Å²) in [5, 5.41) is 2.93. The monoisotopic (exact) mass is 379 g/mol. The van der Waals surface area contributed by atoms with E-state index in [2.05, 4.69) is 48.3 Å². The maximum atomic E-state index is 12.7. The van der Waals surface area contributed by atoms with Crippen LogP contribution in [0.4, 0.5) is 0 Å². The molecule has 3 aromatic rings. The maximum absolute atomic E-state index is 12.7. The van der Waals surface area contributed by atoms with E-state index in [1.54, 1.807) is 11.3 Å².